The van der Waals surface area contributed by atoms with Crippen molar-refractivity contribution in [2.75, 3.05) is 18.5 Å². The van der Waals surface area contributed by atoms with Crippen molar-refractivity contribution >= 4 is 45.4 Å². The van der Waals surface area contributed by atoms with Crippen LogP contribution in [0, 0.1) is 17.8 Å². The monoisotopic (exact) mass is 559 g/mol. The second-order valence-electron chi connectivity index (χ2n) is 11.2. The largest absolute Gasteiger partial charge is 0.476 e. The number of hydrogen-bond donors (Lipinski definition) is 3. The quantitative estimate of drug-likeness (QED) is 0.363. The summed E-state index contributed by atoms with van der Waals surface area (Å²) in [5, 5.41) is 14.4. The summed E-state index contributed by atoms with van der Waals surface area (Å²) >= 11 is 7.16. The number of ether oxygens (including phenoxy) is 1. The first-order valence-corrected chi connectivity index (χ1v) is 14.9. The molecule has 38 heavy (non-hydrogen) atoms. The number of halogens is 1. The molecule has 2 aromatic heterocycles. The van der Waals surface area contributed by atoms with Gasteiger partial charge in [-0.05, 0) is 68.8 Å². The molecule has 11 heteroatoms. The normalized spacial score (nSPS) is 23.9. The Morgan fingerprint density at radius 1 is 1.24 bits per heavy atom. The molecule has 4 aliphatic carbocycles. The molecule has 8 nitrogen and oxygen atoms in total. The molecule has 204 valence electrons. The van der Waals surface area contributed by atoms with Crippen LogP contribution in [0.3, 0.4) is 0 Å². The van der Waals surface area contributed by atoms with Crippen molar-refractivity contribution < 1.29 is 18.7 Å². The van der Waals surface area contributed by atoms with E-state index >= 15 is 0 Å². The number of fused-ring (bicyclic) bond motifs is 1. The van der Waals surface area contributed by atoms with Crippen molar-refractivity contribution in [1.29, 1.82) is 0 Å². The van der Waals surface area contributed by atoms with Gasteiger partial charge in [0.15, 0.2) is 0 Å². The molecular formula is C27H34FN5O3S2. The predicted octanol–water partition coefficient (Wildman–Crippen LogP) is 3.72. The number of carbonyl (C=O) groups excluding carboxylic acids is 2. The van der Waals surface area contributed by atoms with Gasteiger partial charge < -0.3 is 20.7 Å². The summed E-state index contributed by atoms with van der Waals surface area (Å²) in [5.41, 5.74) is 2.49. The van der Waals surface area contributed by atoms with Gasteiger partial charge in [0.05, 0.1) is 23.1 Å². The number of anilines is 1. The van der Waals surface area contributed by atoms with Crippen LogP contribution in [-0.4, -0.2) is 51.9 Å². The molecule has 0 bridgehead atoms. The first-order valence-electron chi connectivity index (χ1n) is 13.7. The fraction of sp³-hybridized carbons (Fsp3) is 0.630. The Morgan fingerprint density at radius 3 is 2.71 bits per heavy atom. The molecule has 3 saturated carbocycles. The highest BCUT2D eigenvalue weighted by molar-refractivity contribution is 7.80. The number of amides is 2. The van der Waals surface area contributed by atoms with Crippen molar-refractivity contribution in [3.05, 3.63) is 27.8 Å². The van der Waals surface area contributed by atoms with Crippen molar-refractivity contribution in [2.24, 2.45) is 24.8 Å². The third-order valence-electron chi connectivity index (χ3n) is 7.85. The van der Waals surface area contributed by atoms with Gasteiger partial charge in [-0.15, -0.1) is 16.4 Å². The number of aryl methyl sites for hydroxylation is 2. The SMILES string of the molecule is Cn1nc(OCC2CC2)cc1CC(=S)N[C@H]1CCc2sc(NC(=O)[C@H]3C[C@@H]3F)c(C(=O)NCC3CC3)c2C1. The Kier molecular flexibility index (Phi) is 7.15. The van der Waals surface area contributed by atoms with Crippen molar-refractivity contribution in [2.45, 2.75) is 70.0 Å². The fourth-order valence-corrected chi connectivity index (χ4v) is 6.53. The Hall–Kier alpha value is -2.53. The molecule has 0 aliphatic heterocycles. The standard InChI is InChI=1S/C27H34FN5O3S2/c1-33-17(9-22(32-33)36-13-15-4-5-15)10-23(37)30-16-6-7-21-19(8-16)24(26(35)29-12-14-2-3-14)27(38-21)31-25(34)18-11-20(18)28/h9,14-16,18,20H,2-8,10-13H2,1H3,(H,29,35)(H,30,37)(H,31,34)/t16-,18-,20-/m0/s1. The Morgan fingerprint density at radius 2 is 2.00 bits per heavy atom. The van der Waals surface area contributed by atoms with Gasteiger partial charge in [-0.2, -0.15) is 0 Å². The maximum Gasteiger partial charge on any atom is 0.254 e. The van der Waals surface area contributed by atoms with Crippen LogP contribution in [0.15, 0.2) is 6.07 Å². The number of carbonyl (C=O) groups is 2. The fourth-order valence-electron chi connectivity index (χ4n) is 4.97. The molecule has 0 aromatic carbocycles. The summed E-state index contributed by atoms with van der Waals surface area (Å²) in [7, 11) is 1.90. The van der Waals surface area contributed by atoms with Crippen molar-refractivity contribution in [3.63, 3.8) is 0 Å². The number of alkyl halides is 1. The van der Waals surface area contributed by atoms with Gasteiger partial charge in [0.25, 0.3) is 5.91 Å². The van der Waals surface area contributed by atoms with Crippen molar-refractivity contribution in [1.82, 2.24) is 20.4 Å². The van der Waals surface area contributed by atoms with Gasteiger partial charge in [-0.25, -0.2) is 4.39 Å². The van der Waals surface area contributed by atoms with Crippen molar-refractivity contribution in [3.8, 4) is 5.88 Å². The van der Waals surface area contributed by atoms with E-state index in [0.717, 1.165) is 53.4 Å². The summed E-state index contributed by atoms with van der Waals surface area (Å²) in [6.45, 7) is 1.37. The van der Waals surface area contributed by atoms with E-state index in [1.54, 1.807) is 0 Å². The number of rotatable bonds is 11. The minimum Gasteiger partial charge on any atom is -0.476 e. The van der Waals surface area contributed by atoms with Gasteiger partial charge in [-0.3, -0.25) is 14.3 Å². The molecule has 6 rings (SSSR count). The molecular weight excluding hydrogens is 525 g/mol. The maximum absolute atomic E-state index is 13.5. The first kappa shape index (κ1) is 25.7. The lowest BCUT2D eigenvalue weighted by atomic mass is 9.91. The zero-order chi connectivity index (χ0) is 26.4. The highest BCUT2D eigenvalue weighted by Crippen LogP contribution is 2.41. The third-order valence-corrected chi connectivity index (χ3v) is 9.32. The molecule has 0 radical (unpaired) electrons. The van der Waals surface area contributed by atoms with Crippen LogP contribution in [0.4, 0.5) is 9.39 Å². The van der Waals surface area contributed by atoms with Crippen LogP contribution in [0.2, 0.25) is 0 Å². The molecule has 2 aromatic rings. The van der Waals surface area contributed by atoms with E-state index in [0.29, 0.717) is 47.7 Å². The third kappa shape index (κ3) is 6.03. The topological polar surface area (TPSA) is 97.3 Å². The summed E-state index contributed by atoms with van der Waals surface area (Å²) in [6, 6.07) is 2.04. The van der Waals surface area contributed by atoms with E-state index < -0.39 is 12.1 Å². The van der Waals surface area contributed by atoms with Crippen LogP contribution in [0.25, 0.3) is 0 Å². The lowest BCUT2D eigenvalue weighted by molar-refractivity contribution is -0.117. The second kappa shape index (κ2) is 10.6. The minimum absolute atomic E-state index is 0.0839. The Bertz CT molecular complexity index is 1250. The van der Waals surface area contributed by atoms with E-state index in [-0.39, 0.29) is 24.3 Å². The van der Waals surface area contributed by atoms with Gasteiger partial charge in [0.1, 0.15) is 11.2 Å². The van der Waals surface area contributed by atoms with Crippen LogP contribution in [-0.2, 0) is 31.1 Å². The maximum atomic E-state index is 13.5. The number of hydrogen-bond acceptors (Lipinski definition) is 6. The van der Waals surface area contributed by atoms with Gasteiger partial charge in [-0.1, -0.05) is 12.2 Å². The van der Waals surface area contributed by atoms with Gasteiger partial charge in [0.2, 0.25) is 11.8 Å². The zero-order valence-corrected chi connectivity index (χ0v) is 23.2. The van der Waals surface area contributed by atoms with Crippen LogP contribution in [0.1, 0.15) is 65.0 Å². The van der Waals surface area contributed by atoms with Gasteiger partial charge in [0, 0.05) is 42.7 Å². The molecule has 0 saturated heterocycles. The number of aromatic nitrogens is 2. The highest BCUT2D eigenvalue weighted by atomic mass is 32.1. The molecule has 4 aliphatic rings. The molecule has 2 heterocycles. The summed E-state index contributed by atoms with van der Waals surface area (Å²) in [6.07, 6.45) is 6.79. The minimum atomic E-state index is -1.08. The van der Waals surface area contributed by atoms with Gasteiger partial charge >= 0.3 is 0 Å². The highest BCUT2D eigenvalue weighted by Gasteiger charge is 2.44. The first-order chi connectivity index (χ1) is 18.3. The summed E-state index contributed by atoms with van der Waals surface area (Å²) in [4.78, 5) is 27.6. The average Bonchev–Trinajstić information content (AvgIpc) is 3.79. The molecule has 0 spiro atoms. The molecule has 3 N–H and O–H groups in total. The zero-order valence-electron chi connectivity index (χ0n) is 21.6. The van der Waals surface area contributed by atoms with E-state index in [1.165, 1.54) is 24.2 Å². The van der Waals surface area contributed by atoms with E-state index in [9.17, 15) is 14.0 Å². The number of nitrogens with one attached hydrogen (secondary N) is 3. The number of thiophene rings is 1. The number of nitrogens with zero attached hydrogens (tertiary/aromatic N) is 2. The molecule has 2 amide bonds. The Balaban J connectivity index is 1.12. The summed E-state index contributed by atoms with van der Waals surface area (Å²) in [5.74, 6) is 0.757. The second-order valence-corrected chi connectivity index (χ2v) is 12.8. The smallest absolute Gasteiger partial charge is 0.254 e. The van der Waals surface area contributed by atoms with Crippen LogP contribution in [0.5, 0.6) is 5.88 Å². The lowest BCUT2D eigenvalue weighted by Gasteiger charge is -2.25. The average molecular weight is 560 g/mol. The predicted molar refractivity (Wildman–Crippen MR) is 148 cm³/mol. The van der Waals surface area contributed by atoms with E-state index in [4.69, 9.17) is 17.0 Å². The van der Waals surface area contributed by atoms with E-state index in [2.05, 4.69) is 21.0 Å². The Labute approximate surface area is 231 Å². The molecule has 3 atom stereocenters. The summed E-state index contributed by atoms with van der Waals surface area (Å²) < 4.78 is 21.1. The van der Waals surface area contributed by atoms with Crippen LogP contribution >= 0.6 is 23.6 Å². The molecule has 0 unspecified atom stereocenters. The lowest BCUT2D eigenvalue weighted by Crippen LogP contribution is -2.39. The molecule has 3 fully saturated rings. The van der Waals surface area contributed by atoms with E-state index in [1.807, 2.05) is 17.8 Å². The number of thiocarbonyl (C=S) groups is 1. The van der Waals surface area contributed by atoms with Crippen LogP contribution < -0.4 is 20.7 Å².